The van der Waals surface area contributed by atoms with E-state index < -0.39 is 32.4 Å². The van der Waals surface area contributed by atoms with Crippen LogP contribution in [0.2, 0.25) is 5.02 Å². The monoisotopic (exact) mass is 335 g/mol. The van der Waals surface area contributed by atoms with E-state index in [9.17, 15) is 18.0 Å². The second kappa shape index (κ2) is 6.00. The van der Waals surface area contributed by atoms with Crippen LogP contribution in [0.15, 0.2) is 23.1 Å². The molecule has 0 spiro atoms. The number of rotatable bonds is 5. The zero-order chi connectivity index (χ0) is 16.4. The lowest BCUT2D eigenvalue weighted by molar-refractivity contribution is -0.146. The third-order valence-corrected chi connectivity index (χ3v) is 4.69. The number of carboxylic acid groups (broad SMARTS) is 1. The average Bonchev–Trinajstić information content (AvgIpc) is 2.36. The van der Waals surface area contributed by atoms with E-state index in [0.29, 0.717) is 0 Å². The van der Waals surface area contributed by atoms with E-state index >= 15 is 0 Å². The minimum atomic E-state index is -4.21. The van der Waals surface area contributed by atoms with Gasteiger partial charge in [-0.1, -0.05) is 11.6 Å². The van der Waals surface area contributed by atoms with Gasteiger partial charge in [0.1, 0.15) is 10.4 Å². The molecular formula is C12H14ClNO6S. The Balaban J connectivity index is 3.29. The molecule has 0 bridgehead atoms. The van der Waals surface area contributed by atoms with Crippen LogP contribution in [0.1, 0.15) is 24.2 Å². The van der Waals surface area contributed by atoms with Gasteiger partial charge in [-0.3, -0.25) is 4.79 Å². The van der Waals surface area contributed by atoms with Gasteiger partial charge in [0, 0.05) is 0 Å². The van der Waals surface area contributed by atoms with E-state index in [1.165, 1.54) is 19.9 Å². The smallest absolute Gasteiger partial charge is 0.335 e. The quantitative estimate of drug-likeness (QED) is 0.784. The summed E-state index contributed by atoms with van der Waals surface area (Å²) in [4.78, 5) is 22.0. The van der Waals surface area contributed by atoms with Crippen LogP contribution in [0.3, 0.4) is 0 Å². The van der Waals surface area contributed by atoms with Gasteiger partial charge >= 0.3 is 11.9 Å². The number of esters is 1. The molecule has 0 atom stereocenters. The first kappa shape index (κ1) is 17.4. The molecule has 0 aromatic heterocycles. The Morgan fingerprint density at radius 1 is 1.33 bits per heavy atom. The molecule has 0 unspecified atom stereocenters. The molecule has 0 radical (unpaired) electrons. The van der Waals surface area contributed by atoms with Crippen LogP contribution in [0.25, 0.3) is 0 Å². The summed E-state index contributed by atoms with van der Waals surface area (Å²) in [5.41, 5.74) is -1.77. The summed E-state index contributed by atoms with van der Waals surface area (Å²) in [6, 6.07) is 3.25. The summed E-state index contributed by atoms with van der Waals surface area (Å²) < 4.78 is 31.2. The molecule has 0 saturated heterocycles. The molecule has 9 heteroatoms. The first-order chi connectivity index (χ1) is 9.51. The Bertz CT molecular complexity index is 683. The molecule has 0 amide bonds. The maximum Gasteiger partial charge on any atom is 0.335 e. The van der Waals surface area contributed by atoms with Crippen molar-refractivity contribution in [2.75, 3.05) is 7.11 Å². The SMILES string of the molecule is COC(=O)C(C)(C)NS(=O)(=O)c1cc(C(=O)O)ccc1Cl. The van der Waals surface area contributed by atoms with Gasteiger partial charge in [0.25, 0.3) is 0 Å². The van der Waals surface area contributed by atoms with E-state index in [1.807, 2.05) is 0 Å². The van der Waals surface area contributed by atoms with Crippen LogP contribution in [-0.4, -0.2) is 38.1 Å². The standard InChI is InChI=1S/C12H14ClNO6S/c1-12(2,11(17)20-3)14-21(18,19)9-6-7(10(15)16)4-5-8(9)13/h4-6,14H,1-3H3,(H,15,16). The van der Waals surface area contributed by atoms with Crippen molar-refractivity contribution in [1.29, 1.82) is 0 Å². The summed E-state index contributed by atoms with van der Waals surface area (Å²) in [6.07, 6.45) is 0. The van der Waals surface area contributed by atoms with Crippen molar-refractivity contribution >= 4 is 33.6 Å². The summed E-state index contributed by atoms with van der Waals surface area (Å²) in [5, 5.41) is 8.73. The maximum atomic E-state index is 12.3. The predicted molar refractivity (Wildman–Crippen MR) is 74.8 cm³/mol. The molecule has 7 nitrogen and oxygen atoms in total. The van der Waals surface area contributed by atoms with Gasteiger partial charge in [0.15, 0.2) is 0 Å². The number of sulfonamides is 1. The number of hydrogen-bond donors (Lipinski definition) is 2. The van der Waals surface area contributed by atoms with Crippen molar-refractivity contribution in [3.8, 4) is 0 Å². The highest BCUT2D eigenvalue weighted by Gasteiger charge is 2.35. The fourth-order valence-corrected chi connectivity index (χ4v) is 3.42. The number of carbonyl (C=O) groups excluding carboxylic acids is 1. The molecule has 0 heterocycles. The fraction of sp³-hybridized carbons (Fsp3) is 0.333. The van der Waals surface area contributed by atoms with Gasteiger partial charge in [-0.05, 0) is 32.0 Å². The van der Waals surface area contributed by atoms with E-state index in [4.69, 9.17) is 16.7 Å². The average molecular weight is 336 g/mol. The van der Waals surface area contributed by atoms with E-state index in [2.05, 4.69) is 9.46 Å². The van der Waals surface area contributed by atoms with Gasteiger partial charge in [-0.25, -0.2) is 13.2 Å². The second-order valence-electron chi connectivity index (χ2n) is 4.67. The Morgan fingerprint density at radius 2 is 1.90 bits per heavy atom. The zero-order valence-corrected chi connectivity index (χ0v) is 13.1. The van der Waals surface area contributed by atoms with E-state index in [-0.39, 0.29) is 10.6 Å². The number of methoxy groups -OCH3 is 1. The normalized spacial score (nSPS) is 12.0. The first-order valence-electron chi connectivity index (χ1n) is 5.66. The van der Waals surface area contributed by atoms with Crippen LogP contribution >= 0.6 is 11.6 Å². The molecule has 0 fully saturated rings. The third-order valence-electron chi connectivity index (χ3n) is 2.55. The van der Waals surface area contributed by atoms with Crippen LogP contribution in [-0.2, 0) is 19.6 Å². The number of nitrogens with one attached hydrogen (secondary N) is 1. The highest BCUT2D eigenvalue weighted by Crippen LogP contribution is 2.24. The molecule has 2 N–H and O–H groups in total. The van der Waals surface area contributed by atoms with Gasteiger partial charge in [-0.15, -0.1) is 0 Å². The molecular weight excluding hydrogens is 322 g/mol. The zero-order valence-electron chi connectivity index (χ0n) is 11.5. The first-order valence-corrected chi connectivity index (χ1v) is 7.52. The van der Waals surface area contributed by atoms with E-state index in [0.717, 1.165) is 19.2 Å². The Kier molecular flexibility index (Phi) is 4.98. The number of carbonyl (C=O) groups is 2. The van der Waals surface area contributed by atoms with Crippen LogP contribution in [0, 0.1) is 0 Å². The lowest BCUT2D eigenvalue weighted by Crippen LogP contribution is -2.50. The number of halogens is 1. The summed E-state index contributed by atoms with van der Waals surface area (Å²) >= 11 is 5.80. The number of benzene rings is 1. The number of hydrogen-bond acceptors (Lipinski definition) is 5. The van der Waals surface area contributed by atoms with Crippen LogP contribution in [0.5, 0.6) is 0 Å². The third kappa shape index (κ3) is 3.93. The molecule has 0 saturated carbocycles. The maximum absolute atomic E-state index is 12.3. The largest absolute Gasteiger partial charge is 0.478 e. The van der Waals surface area contributed by atoms with Crippen molar-refractivity contribution < 1.29 is 27.9 Å². The molecule has 1 rings (SSSR count). The van der Waals surface area contributed by atoms with Crippen molar-refractivity contribution in [1.82, 2.24) is 4.72 Å². The van der Waals surface area contributed by atoms with Crippen LogP contribution in [0.4, 0.5) is 0 Å². The topological polar surface area (TPSA) is 110 Å². The summed E-state index contributed by atoms with van der Waals surface area (Å²) in [6.45, 7) is 2.62. The molecule has 116 valence electrons. The van der Waals surface area contributed by atoms with Gasteiger partial charge < -0.3 is 9.84 Å². The Labute approximate surface area is 126 Å². The van der Waals surface area contributed by atoms with Gasteiger partial charge in [0.2, 0.25) is 10.0 Å². The summed E-state index contributed by atoms with van der Waals surface area (Å²) in [7, 11) is -3.08. The van der Waals surface area contributed by atoms with Crippen molar-refractivity contribution in [3.05, 3.63) is 28.8 Å². The molecule has 0 aliphatic carbocycles. The minimum absolute atomic E-state index is 0.159. The van der Waals surface area contributed by atoms with Gasteiger partial charge in [0.05, 0.1) is 17.7 Å². The molecule has 21 heavy (non-hydrogen) atoms. The number of aromatic carboxylic acids is 1. The summed E-state index contributed by atoms with van der Waals surface area (Å²) in [5.74, 6) is -2.09. The highest BCUT2D eigenvalue weighted by molar-refractivity contribution is 7.89. The lowest BCUT2D eigenvalue weighted by Gasteiger charge is -2.23. The number of ether oxygens (including phenoxy) is 1. The van der Waals surface area contributed by atoms with Crippen LogP contribution < -0.4 is 4.72 Å². The van der Waals surface area contributed by atoms with Crippen molar-refractivity contribution in [2.24, 2.45) is 0 Å². The Morgan fingerprint density at radius 3 is 2.38 bits per heavy atom. The molecule has 0 aliphatic heterocycles. The highest BCUT2D eigenvalue weighted by atomic mass is 35.5. The van der Waals surface area contributed by atoms with E-state index in [1.54, 1.807) is 0 Å². The molecule has 1 aromatic carbocycles. The minimum Gasteiger partial charge on any atom is -0.478 e. The van der Waals surface area contributed by atoms with Crippen molar-refractivity contribution in [3.63, 3.8) is 0 Å². The Hall–Kier alpha value is -1.64. The van der Waals surface area contributed by atoms with Crippen molar-refractivity contribution in [2.45, 2.75) is 24.3 Å². The number of carboxylic acids is 1. The van der Waals surface area contributed by atoms with Gasteiger partial charge in [-0.2, -0.15) is 4.72 Å². The molecule has 1 aromatic rings. The fourth-order valence-electron chi connectivity index (χ4n) is 1.53. The predicted octanol–water partition coefficient (Wildman–Crippen LogP) is 1.27. The second-order valence-corrected chi connectivity index (χ2v) is 6.73. The molecule has 0 aliphatic rings. The lowest BCUT2D eigenvalue weighted by atomic mass is 10.1.